The standard InChI is InChI=1S/C14H24/c1-11(2)5-8-13(4)14-9-6-12(3)7-10-14/h13-14H,1,3,5-10H2,2,4H3. The van der Waals surface area contributed by atoms with Crippen molar-refractivity contribution in [2.75, 3.05) is 0 Å². The van der Waals surface area contributed by atoms with Gasteiger partial charge < -0.3 is 0 Å². The lowest BCUT2D eigenvalue weighted by atomic mass is 9.77. The van der Waals surface area contributed by atoms with Crippen LogP contribution in [0.3, 0.4) is 0 Å². The summed E-state index contributed by atoms with van der Waals surface area (Å²) in [5.74, 6) is 1.82. The summed E-state index contributed by atoms with van der Waals surface area (Å²) in [6, 6.07) is 0. The van der Waals surface area contributed by atoms with Crippen LogP contribution in [0, 0.1) is 11.8 Å². The summed E-state index contributed by atoms with van der Waals surface area (Å²) in [6.45, 7) is 12.6. The van der Waals surface area contributed by atoms with Crippen LogP contribution in [0.1, 0.15) is 52.4 Å². The Bertz CT molecular complexity index is 202. The van der Waals surface area contributed by atoms with Crippen molar-refractivity contribution in [2.24, 2.45) is 11.8 Å². The van der Waals surface area contributed by atoms with Crippen molar-refractivity contribution >= 4 is 0 Å². The van der Waals surface area contributed by atoms with Gasteiger partial charge in [0.25, 0.3) is 0 Å². The molecule has 1 fully saturated rings. The maximum absolute atomic E-state index is 4.07. The zero-order valence-electron chi connectivity index (χ0n) is 9.81. The van der Waals surface area contributed by atoms with Gasteiger partial charge in [-0.25, -0.2) is 0 Å². The molecule has 1 saturated carbocycles. The molecule has 0 heterocycles. The molecule has 0 bridgehead atoms. The largest absolute Gasteiger partial charge is 0.100 e. The Morgan fingerprint density at radius 3 is 2.50 bits per heavy atom. The van der Waals surface area contributed by atoms with E-state index in [4.69, 9.17) is 0 Å². The molecule has 14 heavy (non-hydrogen) atoms. The predicted octanol–water partition coefficient (Wildman–Crippen LogP) is 4.73. The van der Waals surface area contributed by atoms with E-state index in [1.165, 1.54) is 49.7 Å². The summed E-state index contributed by atoms with van der Waals surface area (Å²) in [5.41, 5.74) is 2.80. The molecule has 1 unspecified atom stereocenters. The lowest BCUT2D eigenvalue weighted by Crippen LogP contribution is -2.16. The normalized spacial score (nSPS) is 20.9. The molecule has 0 aromatic rings. The fourth-order valence-corrected chi connectivity index (χ4v) is 2.33. The van der Waals surface area contributed by atoms with Crippen molar-refractivity contribution in [3.8, 4) is 0 Å². The average molecular weight is 192 g/mol. The number of rotatable bonds is 4. The molecular formula is C14H24. The topological polar surface area (TPSA) is 0 Å². The van der Waals surface area contributed by atoms with Crippen LogP contribution >= 0.6 is 0 Å². The van der Waals surface area contributed by atoms with E-state index in [1.807, 2.05) is 0 Å². The number of allylic oxidation sites excluding steroid dienone is 2. The Morgan fingerprint density at radius 1 is 1.43 bits per heavy atom. The molecule has 0 nitrogen and oxygen atoms in total. The second-order valence-electron chi connectivity index (χ2n) is 5.06. The van der Waals surface area contributed by atoms with Crippen LogP contribution in [0.2, 0.25) is 0 Å². The lowest BCUT2D eigenvalue weighted by Gasteiger charge is -2.28. The van der Waals surface area contributed by atoms with Crippen molar-refractivity contribution in [1.29, 1.82) is 0 Å². The van der Waals surface area contributed by atoms with Crippen LogP contribution in [0.4, 0.5) is 0 Å². The average Bonchev–Trinajstić information content (AvgIpc) is 2.15. The molecule has 0 N–H and O–H groups in total. The van der Waals surface area contributed by atoms with Gasteiger partial charge in [0.15, 0.2) is 0 Å². The highest BCUT2D eigenvalue weighted by Crippen LogP contribution is 2.34. The zero-order valence-corrected chi connectivity index (χ0v) is 9.81. The fourth-order valence-electron chi connectivity index (χ4n) is 2.33. The second-order valence-corrected chi connectivity index (χ2v) is 5.06. The fraction of sp³-hybridized carbons (Fsp3) is 0.714. The third-order valence-corrected chi connectivity index (χ3v) is 3.57. The van der Waals surface area contributed by atoms with E-state index in [1.54, 1.807) is 0 Å². The van der Waals surface area contributed by atoms with Gasteiger partial charge >= 0.3 is 0 Å². The Hall–Kier alpha value is -0.520. The first kappa shape index (κ1) is 11.6. The highest BCUT2D eigenvalue weighted by atomic mass is 14.3. The first-order valence-electron chi connectivity index (χ1n) is 5.90. The van der Waals surface area contributed by atoms with Crippen LogP contribution < -0.4 is 0 Å². The van der Waals surface area contributed by atoms with Crippen molar-refractivity contribution in [1.82, 2.24) is 0 Å². The summed E-state index contributed by atoms with van der Waals surface area (Å²) in [4.78, 5) is 0. The number of hydrogen-bond donors (Lipinski definition) is 0. The first-order chi connectivity index (χ1) is 6.59. The molecule has 1 aliphatic carbocycles. The lowest BCUT2D eigenvalue weighted by molar-refractivity contribution is 0.279. The van der Waals surface area contributed by atoms with Gasteiger partial charge in [0.1, 0.15) is 0 Å². The minimum Gasteiger partial charge on any atom is -0.100 e. The molecule has 0 amide bonds. The summed E-state index contributed by atoms with van der Waals surface area (Å²) >= 11 is 0. The molecule has 1 aliphatic rings. The Kier molecular flexibility index (Phi) is 4.44. The van der Waals surface area contributed by atoms with Crippen LogP contribution in [0.15, 0.2) is 24.3 Å². The Labute approximate surface area is 89.1 Å². The highest BCUT2D eigenvalue weighted by Gasteiger charge is 2.20. The molecule has 1 rings (SSSR count). The van der Waals surface area contributed by atoms with Crippen LogP contribution in [0.5, 0.6) is 0 Å². The minimum atomic E-state index is 0.875. The van der Waals surface area contributed by atoms with E-state index in [-0.39, 0.29) is 0 Å². The molecule has 1 atom stereocenters. The Morgan fingerprint density at radius 2 is 2.00 bits per heavy atom. The van der Waals surface area contributed by atoms with Crippen LogP contribution in [-0.2, 0) is 0 Å². The van der Waals surface area contributed by atoms with Crippen molar-refractivity contribution < 1.29 is 0 Å². The predicted molar refractivity (Wildman–Crippen MR) is 64.3 cm³/mol. The molecule has 0 aliphatic heterocycles. The van der Waals surface area contributed by atoms with Crippen molar-refractivity contribution in [3.63, 3.8) is 0 Å². The molecule has 0 heteroatoms. The van der Waals surface area contributed by atoms with E-state index in [9.17, 15) is 0 Å². The minimum absolute atomic E-state index is 0.875. The molecule has 0 radical (unpaired) electrons. The van der Waals surface area contributed by atoms with Gasteiger partial charge in [-0.3, -0.25) is 0 Å². The SMILES string of the molecule is C=C(C)CCC(C)C1CCC(=C)CC1. The van der Waals surface area contributed by atoms with E-state index >= 15 is 0 Å². The van der Waals surface area contributed by atoms with Gasteiger partial charge in [-0.15, -0.1) is 6.58 Å². The van der Waals surface area contributed by atoms with Crippen LogP contribution in [-0.4, -0.2) is 0 Å². The van der Waals surface area contributed by atoms with E-state index in [2.05, 4.69) is 27.0 Å². The third kappa shape index (κ3) is 3.69. The third-order valence-electron chi connectivity index (χ3n) is 3.57. The monoisotopic (exact) mass is 192 g/mol. The Balaban J connectivity index is 2.26. The quantitative estimate of drug-likeness (QED) is 0.565. The van der Waals surface area contributed by atoms with Gasteiger partial charge in [0.05, 0.1) is 0 Å². The zero-order chi connectivity index (χ0) is 10.6. The summed E-state index contributed by atoms with van der Waals surface area (Å²) < 4.78 is 0. The van der Waals surface area contributed by atoms with Crippen molar-refractivity contribution in [3.05, 3.63) is 24.3 Å². The summed E-state index contributed by atoms with van der Waals surface area (Å²) in [6.07, 6.45) is 7.81. The molecule has 80 valence electrons. The van der Waals surface area contributed by atoms with Gasteiger partial charge in [0, 0.05) is 0 Å². The van der Waals surface area contributed by atoms with Crippen molar-refractivity contribution in [2.45, 2.75) is 52.4 Å². The van der Waals surface area contributed by atoms with Gasteiger partial charge in [0.2, 0.25) is 0 Å². The molecule has 0 saturated heterocycles. The maximum atomic E-state index is 4.07. The molecule has 0 aromatic heterocycles. The summed E-state index contributed by atoms with van der Waals surface area (Å²) in [5, 5.41) is 0. The second kappa shape index (κ2) is 5.38. The van der Waals surface area contributed by atoms with Crippen LogP contribution in [0.25, 0.3) is 0 Å². The molecule has 0 spiro atoms. The van der Waals surface area contributed by atoms with E-state index < -0.39 is 0 Å². The number of hydrogen-bond acceptors (Lipinski definition) is 0. The molecular weight excluding hydrogens is 168 g/mol. The first-order valence-corrected chi connectivity index (χ1v) is 5.90. The maximum Gasteiger partial charge on any atom is -0.0320 e. The highest BCUT2D eigenvalue weighted by molar-refractivity contribution is 4.99. The van der Waals surface area contributed by atoms with Gasteiger partial charge in [-0.1, -0.05) is 24.6 Å². The van der Waals surface area contributed by atoms with Gasteiger partial charge in [-0.2, -0.15) is 0 Å². The van der Waals surface area contributed by atoms with E-state index in [0.717, 1.165) is 11.8 Å². The van der Waals surface area contributed by atoms with Gasteiger partial charge in [-0.05, 0) is 57.3 Å². The molecule has 0 aromatic carbocycles. The summed E-state index contributed by atoms with van der Waals surface area (Å²) in [7, 11) is 0. The smallest absolute Gasteiger partial charge is 0.0320 e. The van der Waals surface area contributed by atoms with E-state index in [0.29, 0.717) is 0 Å².